The van der Waals surface area contributed by atoms with E-state index in [1.807, 2.05) is 0 Å². The van der Waals surface area contributed by atoms with Crippen molar-refractivity contribution in [3.63, 3.8) is 0 Å². The van der Waals surface area contributed by atoms with Gasteiger partial charge in [0.15, 0.2) is 0 Å². The summed E-state index contributed by atoms with van der Waals surface area (Å²) in [5.74, 6) is 1.96. The number of piperidine rings is 1. The molecule has 4 atom stereocenters. The highest BCUT2D eigenvalue weighted by Gasteiger charge is 2.35. The Morgan fingerprint density at radius 3 is 2.57 bits per heavy atom. The standard InChI is InChI=1S/C19H36N2/c1-2-13-20-18-11-5-3-9-17(18)15-21-14-7-10-16-8-4-6-12-19(16)21/h16-20H,2-15H2,1H3/t16-,17?,18?,19-/m1/s1. The van der Waals surface area contributed by atoms with Gasteiger partial charge in [-0.1, -0.05) is 32.6 Å². The summed E-state index contributed by atoms with van der Waals surface area (Å²) in [7, 11) is 0. The van der Waals surface area contributed by atoms with Crippen molar-refractivity contribution in [1.82, 2.24) is 10.2 Å². The number of fused-ring (bicyclic) bond motifs is 1. The Morgan fingerprint density at radius 1 is 0.905 bits per heavy atom. The molecular weight excluding hydrogens is 256 g/mol. The van der Waals surface area contributed by atoms with E-state index in [4.69, 9.17) is 0 Å². The van der Waals surface area contributed by atoms with Gasteiger partial charge in [-0.2, -0.15) is 0 Å². The molecular formula is C19H36N2. The molecule has 2 heteroatoms. The first-order chi connectivity index (χ1) is 10.4. The van der Waals surface area contributed by atoms with E-state index < -0.39 is 0 Å². The molecule has 3 fully saturated rings. The molecule has 1 heterocycles. The van der Waals surface area contributed by atoms with Gasteiger partial charge < -0.3 is 5.32 Å². The summed E-state index contributed by atoms with van der Waals surface area (Å²) in [6.45, 7) is 6.29. The average Bonchev–Trinajstić information content (AvgIpc) is 2.54. The highest BCUT2D eigenvalue weighted by molar-refractivity contribution is 4.91. The first-order valence-corrected chi connectivity index (χ1v) is 9.86. The Kier molecular flexibility index (Phi) is 5.99. The van der Waals surface area contributed by atoms with Crippen LogP contribution in [0.2, 0.25) is 0 Å². The third-order valence-corrected chi connectivity index (χ3v) is 6.39. The molecule has 1 aliphatic heterocycles. The fraction of sp³-hybridized carbons (Fsp3) is 1.00. The Morgan fingerprint density at radius 2 is 1.67 bits per heavy atom. The van der Waals surface area contributed by atoms with E-state index in [1.165, 1.54) is 90.3 Å². The minimum Gasteiger partial charge on any atom is -0.314 e. The molecule has 21 heavy (non-hydrogen) atoms. The van der Waals surface area contributed by atoms with Crippen molar-refractivity contribution < 1.29 is 0 Å². The maximum absolute atomic E-state index is 3.86. The molecule has 2 aliphatic carbocycles. The van der Waals surface area contributed by atoms with Crippen LogP contribution in [0.15, 0.2) is 0 Å². The molecule has 0 amide bonds. The quantitative estimate of drug-likeness (QED) is 0.817. The van der Waals surface area contributed by atoms with Gasteiger partial charge in [0.2, 0.25) is 0 Å². The molecule has 0 aromatic rings. The van der Waals surface area contributed by atoms with Crippen LogP contribution in [0, 0.1) is 11.8 Å². The van der Waals surface area contributed by atoms with Crippen molar-refractivity contribution in [2.75, 3.05) is 19.6 Å². The normalized spacial score (nSPS) is 38.1. The minimum absolute atomic E-state index is 0.808. The van der Waals surface area contributed by atoms with Gasteiger partial charge in [-0.3, -0.25) is 4.90 Å². The van der Waals surface area contributed by atoms with Crippen molar-refractivity contribution in [2.45, 2.75) is 89.6 Å². The summed E-state index contributed by atoms with van der Waals surface area (Å²) in [5.41, 5.74) is 0. The third kappa shape index (κ3) is 4.01. The molecule has 2 nitrogen and oxygen atoms in total. The van der Waals surface area contributed by atoms with Gasteiger partial charge in [0.05, 0.1) is 0 Å². The SMILES string of the molecule is CCCNC1CCCCC1CN1CCC[C@H]2CCCC[C@H]21. The predicted octanol–water partition coefficient (Wildman–Crippen LogP) is 4.20. The van der Waals surface area contributed by atoms with E-state index >= 15 is 0 Å². The summed E-state index contributed by atoms with van der Waals surface area (Å²) in [5, 5.41) is 3.86. The lowest BCUT2D eigenvalue weighted by molar-refractivity contribution is 0.0368. The van der Waals surface area contributed by atoms with Crippen molar-refractivity contribution in [1.29, 1.82) is 0 Å². The first-order valence-electron chi connectivity index (χ1n) is 9.86. The molecule has 0 bridgehead atoms. The van der Waals surface area contributed by atoms with Gasteiger partial charge in [0.1, 0.15) is 0 Å². The first kappa shape index (κ1) is 15.8. The number of hydrogen-bond donors (Lipinski definition) is 1. The number of likely N-dealkylation sites (tertiary alicyclic amines) is 1. The molecule has 1 N–H and O–H groups in total. The van der Waals surface area contributed by atoms with E-state index in [9.17, 15) is 0 Å². The average molecular weight is 293 g/mol. The monoisotopic (exact) mass is 292 g/mol. The molecule has 3 rings (SSSR count). The highest BCUT2D eigenvalue weighted by atomic mass is 15.2. The summed E-state index contributed by atoms with van der Waals surface area (Å²) in [4.78, 5) is 2.92. The summed E-state index contributed by atoms with van der Waals surface area (Å²) >= 11 is 0. The lowest BCUT2D eigenvalue weighted by Gasteiger charge is -2.47. The van der Waals surface area contributed by atoms with Crippen molar-refractivity contribution in [3.05, 3.63) is 0 Å². The fourth-order valence-electron chi connectivity index (χ4n) is 5.28. The van der Waals surface area contributed by atoms with Crippen LogP contribution >= 0.6 is 0 Å². The smallest absolute Gasteiger partial charge is 0.0124 e. The van der Waals surface area contributed by atoms with Crippen LogP contribution in [0.1, 0.15) is 77.6 Å². The fourth-order valence-corrected chi connectivity index (χ4v) is 5.28. The molecule has 0 spiro atoms. The molecule has 1 saturated heterocycles. The van der Waals surface area contributed by atoms with E-state index in [0.717, 1.165) is 23.9 Å². The Bertz CT molecular complexity index is 302. The second kappa shape index (κ2) is 7.97. The highest BCUT2D eigenvalue weighted by Crippen LogP contribution is 2.36. The number of rotatable bonds is 5. The van der Waals surface area contributed by atoms with E-state index in [2.05, 4.69) is 17.1 Å². The molecule has 3 aliphatic rings. The van der Waals surface area contributed by atoms with Gasteiger partial charge in [0, 0.05) is 18.6 Å². The van der Waals surface area contributed by atoms with Gasteiger partial charge in [-0.15, -0.1) is 0 Å². The lowest BCUT2D eigenvalue weighted by atomic mass is 9.77. The maximum atomic E-state index is 3.86. The van der Waals surface area contributed by atoms with E-state index in [-0.39, 0.29) is 0 Å². The topological polar surface area (TPSA) is 15.3 Å². The van der Waals surface area contributed by atoms with Gasteiger partial charge in [0.25, 0.3) is 0 Å². The van der Waals surface area contributed by atoms with Crippen LogP contribution < -0.4 is 5.32 Å². The van der Waals surface area contributed by atoms with Gasteiger partial charge >= 0.3 is 0 Å². The molecule has 0 aromatic heterocycles. The molecule has 122 valence electrons. The van der Waals surface area contributed by atoms with Crippen molar-refractivity contribution in [2.24, 2.45) is 11.8 Å². The summed E-state index contributed by atoms with van der Waals surface area (Å²) < 4.78 is 0. The Balaban J connectivity index is 1.57. The zero-order valence-electron chi connectivity index (χ0n) is 14.2. The minimum atomic E-state index is 0.808. The summed E-state index contributed by atoms with van der Waals surface area (Å²) in [6, 6.07) is 1.75. The van der Waals surface area contributed by atoms with Crippen molar-refractivity contribution >= 4 is 0 Å². The number of nitrogens with zero attached hydrogens (tertiary/aromatic N) is 1. The third-order valence-electron chi connectivity index (χ3n) is 6.39. The van der Waals surface area contributed by atoms with Crippen LogP contribution in [0.5, 0.6) is 0 Å². The Hall–Kier alpha value is -0.0800. The molecule has 0 radical (unpaired) electrons. The van der Waals surface area contributed by atoms with Gasteiger partial charge in [-0.25, -0.2) is 0 Å². The zero-order chi connectivity index (χ0) is 14.5. The maximum Gasteiger partial charge on any atom is 0.0124 e. The van der Waals surface area contributed by atoms with Crippen LogP contribution in [0.4, 0.5) is 0 Å². The molecule has 2 saturated carbocycles. The van der Waals surface area contributed by atoms with E-state index in [1.54, 1.807) is 0 Å². The second-order valence-electron chi connectivity index (χ2n) is 7.85. The predicted molar refractivity (Wildman–Crippen MR) is 90.6 cm³/mol. The van der Waals surface area contributed by atoms with Crippen LogP contribution in [0.3, 0.4) is 0 Å². The largest absolute Gasteiger partial charge is 0.314 e. The van der Waals surface area contributed by atoms with Crippen LogP contribution in [0.25, 0.3) is 0 Å². The number of hydrogen-bond acceptors (Lipinski definition) is 2. The Labute approximate surface area is 132 Å². The second-order valence-corrected chi connectivity index (χ2v) is 7.85. The van der Waals surface area contributed by atoms with Crippen LogP contribution in [-0.2, 0) is 0 Å². The van der Waals surface area contributed by atoms with E-state index in [0.29, 0.717) is 0 Å². The lowest BCUT2D eigenvalue weighted by Crippen LogP contribution is -2.51. The summed E-state index contributed by atoms with van der Waals surface area (Å²) in [6.07, 6.45) is 16.1. The molecule has 2 unspecified atom stereocenters. The van der Waals surface area contributed by atoms with Gasteiger partial charge in [-0.05, 0) is 69.9 Å². The van der Waals surface area contributed by atoms with Crippen molar-refractivity contribution in [3.8, 4) is 0 Å². The van der Waals surface area contributed by atoms with Crippen LogP contribution in [-0.4, -0.2) is 36.6 Å². The number of nitrogens with one attached hydrogen (secondary N) is 1. The molecule has 0 aromatic carbocycles. The zero-order valence-corrected chi connectivity index (χ0v) is 14.2.